The van der Waals surface area contributed by atoms with Gasteiger partial charge in [-0.05, 0) is 36.4 Å². The van der Waals surface area contributed by atoms with Crippen molar-refractivity contribution in [2.75, 3.05) is 5.32 Å². The lowest BCUT2D eigenvalue weighted by Crippen LogP contribution is -2.14. The van der Waals surface area contributed by atoms with Gasteiger partial charge in [0.2, 0.25) is 0 Å². The van der Waals surface area contributed by atoms with E-state index in [-0.39, 0.29) is 11.3 Å². The Morgan fingerprint density at radius 3 is 2.62 bits per heavy atom. The van der Waals surface area contributed by atoms with E-state index in [4.69, 9.17) is 0 Å². The number of halogens is 1. The third-order valence-electron chi connectivity index (χ3n) is 3.78. The summed E-state index contributed by atoms with van der Waals surface area (Å²) in [5.41, 5.74) is 1.67. The highest BCUT2D eigenvalue weighted by molar-refractivity contribution is 6.05. The van der Waals surface area contributed by atoms with E-state index in [0.29, 0.717) is 11.4 Å². The van der Waals surface area contributed by atoms with Crippen LogP contribution < -0.4 is 5.32 Å². The van der Waals surface area contributed by atoms with Crippen LogP contribution in [0.3, 0.4) is 0 Å². The van der Waals surface area contributed by atoms with Crippen molar-refractivity contribution < 1.29 is 9.18 Å². The molecule has 0 fully saturated rings. The summed E-state index contributed by atoms with van der Waals surface area (Å²) in [6, 6.07) is 13.1. The van der Waals surface area contributed by atoms with Gasteiger partial charge in [0.15, 0.2) is 0 Å². The topological polar surface area (TPSA) is 77.6 Å². The number of hydrogen-bond acceptors (Lipinski definition) is 4. The fourth-order valence-electron chi connectivity index (χ4n) is 2.55. The molecule has 128 valence electrons. The van der Waals surface area contributed by atoms with Crippen molar-refractivity contribution in [3.8, 4) is 11.4 Å². The molecule has 0 bridgehead atoms. The van der Waals surface area contributed by atoms with Gasteiger partial charge in [0.25, 0.3) is 5.91 Å². The largest absolute Gasteiger partial charge is 0.320 e. The fraction of sp³-hybridized carbons (Fsp3) is 0. The maximum absolute atomic E-state index is 14.4. The number of carbonyl (C=O) groups is 1. The van der Waals surface area contributed by atoms with Gasteiger partial charge in [-0.25, -0.2) is 18.7 Å². The number of para-hydroxylation sites is 2. The number of carbonyl (C=O) groups excluding carboxylic acids is 1. The maximum Gasteiger partial charge on any atom is 0.255 e. The van der Waals surface area contributed by atoms with Gasteiger partial charge in [0.1, 0.15) is 24.2 Å². The zero-order valence-electron chi connectivity index (χ0n) is 13.5. The van der Waals surface area contributed by atoms with E-state index >= 15 is 0 Å². The maximum atomic E-state index is 14.4. The summed E-state index contributed by atoms with van der Waals surface area (Å²) in [5, 5.41) is 10.8. The van der Waals surface area contributed by atoms with Crippen molar-refractivity contribution in [3.63, 3.8) is 0 Å². The third-order valence-corrected chi connectivity index (χ3v) is 3.78. The van der Waals surface area contributed by atoms with Crippen molar-refractivity contribution in [1.82, 2.24) is 24.5 Å². The number of aromatic nitrogens is 5. The smallest absolute Gasteiger partial charge is 0.255 e. The van der Waals surface area contributed by atoms with Crippen LogP contribution in [0.15, 0.2) is 73.6 Å². The van der Waals surface area contributed by atoms with Crippen LogP contribution in [0.1, 0.15) is 10.4 Å². The van der Waals surface area contributed by atoms with Gasteiger partial charge in [-0.3, -0.25) is 4.79 Å². The molecule has 0 atom stereocenters. The van der Waals surface area contributed by atoms with Gasteiger partial charge >= 0.3 is 0 Å². The Balaban J connectivity index is 1.61. The summed E-state index contributed by atoms with van der Waals surface area (Å²) in [6.45, 7) is 0. The summed E-state index contributed by atoms with van der Waals surface area (Å²) >= 11 is 0. The summed E-state index contributed by atoms with van der Waals surface area (Å²) < 4.78 is 17.3. The molecule has 0 spiro atoms. The van der Waals surface area contributed by atoms with Crippen molar-refractivity contribution in [1.29, 1.82) is 0 Å². The Morgan fingerprint density at radius 2 is 1.88 bits per heavy atom. The predicted molar refractivity (Wildman–Crippen MR) is 92.8 cm³/mol. The first-order chi connectivity index (χ1) is 12.7. The highest BCUT2D eigenvalue weighted by Crippen LogP contribution is 2.20. The quantitative estimate of drug-likeness (QED) is 0.615. The lowest BCUT2D eigenvalue weighted by atomic mass is 10.1. The van der Waals surface area contributed by atoms with Crippen molar-refractivity contribution in [2.45, 2.75) is 0 Å². The van der Waals surface area contributed by atoms with Crippen molar-refractivity contribution in [2.24, 2.45) is 0 Å². The molecule has 0 aliphatic rings. The van der Waals surface area contributed by atoms with E-state index < -0.39 is 11.7 Å². The summed E-state index contributed by atoms with van der Waals surface area (Å²) in [6.07, 6.45) is 6.12. The Kier molecular flexibility index (Phi) is 3.98. The first kappa shape index (κ1) is 15.7. The van der Waals surface area contributed by atoms with Crippen molar-refractivity contribution >= 4 is 11.6 Å². The van der Waals surface area contributed by atoms with Crippen LogP contribution in [0, 0.1) is 5.82 Å². The predicted octanol–water partition coefficient (Wildman–Crippen LogP) is 2.84. The lowest BCUT2D eigenvalue weighted by Gasteiger charge is -2.11. The molecule has 4 rings (SSSR count). The van der Waals surface area contributed by atoms with Crippen LogP contribution in [0.4, 0.5) is 10.1 Å². The Bertz CT molecular complexity index is 1040. The molecule has 26 heavy (non-hydrogen) atoms. The monoisotopic (exact) mass is 348 g/mol. The van der Waals surface area contributed by atoms with Gasteiger partial charge in [-0.2, -0.15) is 10.2 Å². The van der Waals surface area contributed by atoms with E-state index in [1.54, 1.807) is 42.7 Å². The molecule has 0 aliphatic heterocycles. The molecule has 2 heterocycles. The minimum atomic E-state index is -0.536. The highest BCUT2D eigenvalue weighted by Gasteiger charge is 2.13. The molecule has 7 nitrogen and oxygen atoms in total. The third kappa shape index (κ3) is 2.95. The minimum absolute atomic E-state index is 0.201. The van der Waals surface area contributed by atoms with Gasteiger partial charge in [0, 0.05) is 18.0 Å². The van der Waals surface area contributed by atoms with Crippen LogP contribution in [-0.4, -0.2) is 30.5 Å². The molecular weight excluding hydrogens is 335 g/mol. The zero-order valence-corrected chi connectivity index (χ0v) is 13.5. The first-order valence-electron chi connectivity index (χ1n) is 7.77. The second-order valence-corrected chi connectivity index (χ2v) is 5.43. The number of nitrogens with one attached hydrogen (secondary N) is 1. The van der Waals surface area contributed by atoms with Gasteiger partial charge in [-0.1, -0.05) is 12.1 Å². The van der Waals surface area contributed by atoms with Crippen LogP contribution in [-0.2, 0) is 0 Å². The Hall–Kier alpha value is -3.81. The second kappa shape index (κ2) is 6.60. The zero-order chi connectivity index (χ0) is 17.9. The number of benzene rings is 2. The molecule has 0 radical (unpaired) electrons. The normalized spacial score (nSPS) is 10.7. The Labute approximate surface area is 147 Å². The van der Waals surface area contributed by atoms with Crippen LogP contribution in [0.2, 0.25) is 0 Å². The molecular formula is C18H13FN6O. The van der Waals surface area contributed by atoms with Crippen LogP contribution in [0.25, 0.3) is 11.4 Å². The summed E-state index contributed by atoms with van der Waals surface area (Å²) in [7, 11) is 0. The molecule has 0 aliphatic carbocycles. The van der Waals surface area contributed by atoms with Gasteiger partial charge < -0.3 is 5.32 Å². The van der Waals surface area contributed by atoms with E-state index in [9.17, 15) is 9.18 Å². The lowest BCUT2D eigenvalue weighted by molar-refractivity contribution is 0.102. The fourth-order valence-corrected chi connectivity index (χ4v) is 2.55. The first-order valence-corrected chi connectivity index (χ1v) is 7.77. The number of rotatable bonds is 4. The minimum Gasteiger partial charge on any atom is -0.320 e. The molecule has 0 saturated heterocycles. The molecule has 0 unspecified atom stereocenters. The molecule has 2 aromatic heterocycles. The molecule has 1 amide bonds. The molecule has 1 N–H and O–H groups in total. The molecule has 4 aromatic rings. The van der Waals surface area contributed by atoms with E-state index in [1.165, 1.54) is 34.2 Å². The SMILES string of the molecule is O=C(Nc1ccccc1-n1cncn1)c1ccc(-n2cccn2)c(F)c1. The number of hydrogen-bond donors (Lipinski definition) is 1. The molecule has 0 saturated carbocycles. The Morgan fingerprint density at radius 1 is 1.00 bits per heavy atom. The van der Waals surface area contributed by atoms with Crippen molar-refractivity contribution in [3.05, 3.63) is 85.0 Å². The van der Waals surface area contributed by atoms with Crippen LogP contribution >= 0.6 is 0 Å². The standard InChI is InChI=1S/C18H13FN6O/c19-14-10-13(6-7-16(14)24-9-3-8-21-24)18(26)23-15-4-1-2-5-17(15)25-12-20-11-22-25/h1-12H,(H,23,26). The molecule has 2 aromatic carbocycles. The summed E-state index contributed by atoms with van der Waals surface area (Å²) in [4.78, 5) is 16.4. The van der Waals surface area contributed by atoms with E-state index in [2.05, 4.69) is 20.5 Å². The van der Waals surface area contributed by atoms with E-state index in [0.717, 1.165) is 0 Å². The second-order valence-electron chi connectivity index (χ2n) is 5.43. The van der Waals surface area contributed by atoms with Crippen LogP contribution in [0.5, 0.6) is 0 Å². The number of amides is 1. The van der Waals surface area contributed by atoms with E-state index in [1.807, 2.05) is 6.07 Å². The summed E-state index contributed by atoms with van der Waals surface area (Å²) in [5.74, 6) is -0.964. The van der Waals surface area contributed by atoms with Gasteiger partial charge in [0.05, 0.1) is 11.4 Å². The average molecular weight is 348 g/mol. The number of nitrogens with zero attached hydrogens (tertiary/aromatic N) is 5. The molecule has 8 heteroatoms. The number of anilines is 1. The average Bonchev–Trinajstić information content (AvgIpc) is 3.36. The highest BCUT2D eigenvalue weighted by atomic mass is 19.1. The van der Waals surface area contributed by atoms with Gasteiger partial charge in [-0.15, -0.1) is 0 Å².